The van der Waals surface area contributed by atoms with Crippen molar-refractivity contribution in [3.05, 3.63) is 48.2 Å². The van der Waals surface area contributed by atoms with Gasteiger partial charge in [-0.1, -0.05) is 29.8 Å². The van der Waals surface area contributed by atoms with Crippen molar-refractivity contribution >= 4 is 12.4 Å². The van der Waals surface area contributed by atoms with Crippen molar-refractivity contribution in [1.82, 2.24) is 25.0 Å². The van der Waals surface area contributed by atoms with Crippen molar-refractivity contribution in [2.24, 2.45) is 0 Å². The van der Waals surface area contributed by atoms with Gasteiger partial charge >= 0.3 is 0 Å². The van der Waals surface area contributed by atoms with E-state index in [1.165, 1.54) is 12.8 Å². The van der Waals surface area contributed by atoms with E-state index in [1.807, 2.05) is 37.3 Å². The van der Waals surface area contributed by atoms with E-state index in [-0.39, 0.29) is 19.0 Å². The molecule has 0 bridgehead atoms. The molecule has 3 aromatic rings. The second-order valence-corrected chi connectivity index (χ2v) is 7.21. The number of aromatic nitrogens is 4. The standard InChI is InChI=1S/C21H25N5O2.ClH/c1-15-22-10-8-19(23-15)16-5-4-6-17(13-16)21-24-20(28-25-21)14-26-11-3-2-7-18(26)9-12-27;/h4-6,8,10,13,18,27H,2-3,7,9,11-12,14H2,1H3;1H. The summed E-state index contributed by atoms with van der Waals surface area (Å²) in [6, 6.07) is 10.3. The molecule has 0 saturated carbocycles. The Morgan fingerprint density at radius 3 is 2.86 bits per heavy atom. The fraction of sp³-hybridized carbons (Fsp3) is 0.429. The first-order valence-electron chi connectivity index (χ1n) is 9.81. The highest BCUT2D eigenvalue weighted by atomic mass is 35.5. The van der Waals surface area contributed by atoms with Crippen LogP contribution in [0.2, 0.25) is 0 Å². The van der Waals surface area contributed by atoms with E-state index in [4.69, 9.17) is 4.52 Å². The SMILES string of the molecule is Cc1nccc(-c2cccc(-c3noc(CN4CCCCC4CCO)n3)c2)n1.Cl. The average molecular weight is 416 g/mol. The van der Waals surface area contributed by atoms with Crippen LogP contribution in [0.3, 0.4) is 0 Å². The maximum atomic E-state index is 9.31. The number of piperidine rings is 1. The van der Waals surface area contributed by atoms with Crippen molar-refractivity contribution in [3.8, 4) is 22.6 Å². The summed E-state index contributed by atoms with van der Waals surface area (Å²) in [5.74, 6) is 1.94. The number of aliphatic hydroxyl groups is 1. The summed E-state index contributed by atoms with van der Waals surface area (Å²) in [6.45, 7) is 3.72. The van der Waals surface area contributed by atoms with Crippen LogP contribution in [0.15, 0.2) is 41.1 Å². The van der Waals surface area contributed by atoms with E-state index < -0.39 is 0 Å². The maximum Gasteiger partial charge on any atom is 0.241 e. The first-order valence-corrected chi connectivity index (χ1v) is 9.81. The Morgan fingerprint density at radius 1 is 1.17 bits per heavy atom. The number of nitrogens with zero attached hydrogens (tertiary/aromatic N) is 5. The van der Waals surface area contributed by atoms with Crippen LogP contribution < -0.4 is 0 Å². The van der Waals surface area contributed by atoms with Crippen molar-refractivity contribution in [3.63, 3.8) is 0 Å². The van der Waals surface area contributed by atoms with E-state index in [0.717, 1.165) is 42.0 Å². The second-order valence-electron chi connectivity index (χ2n) is 7.21. The molecule has 8 heteroatoms. The molecule has 0 amide bonds. The molecule has 154 valence electrons. The van der Waals surface area contributed by atoms with Gasteiger partial charge in [0.1, 0.15) is 5.82 Å². The van der Waals surface area contributed by atoms with Crippen LogP contribution >= 0.6 is 12.4 Å². The first kappa shape index (κ1) is 21.4. The number of hydrogen-bond donors (Lipinski definition) is 1. The Hall–Kier alpha value is -2.35. The lowest BCUT2D eigenvalue weighted by Crippen LogP contribution is -2.39. The van der Waals surface area contributed by atoms with Gasteiger partial charge < -0.3 is 9.63 Å². The molecule has 2 aromatic heterocycles. The van der Waals surface area contributed by atoms with Crippen molar-refractivity contribution in [2.75, 3.05) is 13.2 Å². The van der Waals surface area contributed by atoms with Gasteiger partial charge in [-0.25, -0.2) is 9.97 Å². The summed E-state index contributed by atoms with van der Waals surface area (Å²) < 4.78 is 5.52. The van der Waals surface area contributed by atoms with Crippen LogP contribution in [-0.2, 0) is 6.54 Å². The van der Waals surface area contributed by atoms with E-state index in [0.29, 0.717) is 24.3 Å². The zero-order valence-corrected chi connectivity index (χ0v) is 17.3. The molecule has 1 N–H and O–H groups in total. The molecule has 1 aromatic carbocycles. The molecule has 1 aliphatic heterocycles. The number of benzene rings is 1. The Balaban J connectivity index is 0.00000240. The highest BCUT2D eigenvalue weighted by Crippen LogP contribution is 2.25. The summed E-state index contributed by atoms with van der Waals surface area (Å²) >= 11 is 0. The van der Waals surface area contributed by atoms with Crippen molar-refractivity contribution in [1.29, 1.82) is 0 Å². The van der Waals surface area contributed by atoms with Crippen molar-refractivity contribution in [2.45, 2.75) is 45.2 Å². The van der Waals surface area contributed by atoms with E-state index in [1.54, 1.807) is 6.20 Å². The molecule has 0 radical (unpaired) electrons. The third-order valence-corrected chi connectivity index (χ3v) is 5.21. The third-order valence-electron chi connectivity index (χ3n) is 5.21. The van der Waals surface area contributed by atoms with Gasteiger partial charge in [0.05, 0.1) is 12.2 Å². The van der Waals surface area contributed by atoms with Crippen LogP contribution in [0.1, 0.15) is 37.4 Å². The van der Waals surface area contributed by atoms with Gasteiger partial charge in [-0.05, 0) is 44.9 Å². The Labute approximate surface area is 176 Å². The normalized spacial score (nSPS) is 17.1. The molecule has 0 spiro atoms. The highest BCUT2D eigenvalue weighted by molar-refractivity contribution is 5.85. The smallest absolute Gasteiger partial charge is 0.241 e. The molecule has 1 saturated heterocycles. The summed E-state index contributed by atoms with van der Waals surface area (Å²) in [6.07, 6.45) is 6.05. The number of likely N-dealkylation sites (tertiary alicyclic amines) is 1. The van der Waals surface area contributed by atoms with Gasteiger partial charge in [-0.15, -0.1) is 12.4 Å². The fourth-order valence-corrected chi connectivity index (χ4v) is 3.79. The molecule has 4 rings (SSSR count). The summed E-state index contributed by atoms with van der Waals surface area (Å²) in [5.41, 5.74) is 2.76. The molecule has 7 nitrogen and oxygen atoms in total. The lowest BCUT2D eigenvalue weighted by atomic mass is 10.00. The molecule has 1 atom stereocenters. The quantitative estimate of drug-likeness (QED) is 0.657. The lowest BCUT2D eigenvalue weighted by molar-refractivity contribution is 0.100. The van der Waals surface area contributed by atoms with Gasteiger partial charge in [0.25, 0.3) is 0 Å². The largest absolute Gasteiger partial charge is 0.396 e. The molecule has 0 aliphatic carbocycles. The fourth-order valence-electron chi connectivity index (χ4n) is 3.79. The van der Waals surface area contributed by atoms with Crippen LogP contribution in [0, 0.1) is 6.92 Å². The van der Waals surface area contributed by atoms with Crippen LogP contribution in [0.25, 0.3) is 22.6 Å². The Morgan fingerprint density at radius 2 is 2.03 bits per heavy atom. The third kappa shape index (κ3) is 5.18. The monoisotopic (exact) mass is 415 g/mol. The topological polar surface area (TPSA) is 88.2 Å². The average Bonchev–Trinajstić information content (AvgIpc) is 3.18. The van der Waals surface area contributed by atoms with Gasteiger partial charge in [0.2, 0.25) is 11.7 Å². The van der Waals surface area contributed by atoms with E-state index in [2.05, 4.69) is 25.0 Å². The van der Waals surface area contributed by atoms with E-state index in [9.17, 15) is 5.11 Å². The number of halogens is 1. The molecule has 1 aliphatic rings. The van der Waals surface area contributed by atoms with Crippen LogP contribution in [0.5, 0.6) is 0 Å². The summed E-state index contributed by atoms with van der Waals surface area (Å²) in [4.78, 5) is 15.6. The molecule has 29 heavy (non-hydrogen) atoms. The predicted octanol–water partition coefficient (Wildman–Crippen LogP) is 3.66. The second kappa shape index (κ2) is 9.91. The zero-order chi connectivity index (χ0) is 19.3. The number of rotatable bonds is 6. The lowest BCUT2D eigenvalue weighted by Gasteiger charge is -2.34. The van der Waals surface area contributed by atoms with Crippen LogP contribution in [0.4, 0.5) is 0 Å². The highest BCUT2D eigenvalue weighted by Gasteiger charge is 2.24. The summed E-state index contributed by atoms with van der Waals surface area (Å²) in [7, 11) is 0. The first-order chi connectivity index (χ1) is 13.7. The number of aryl methyl sites for hydroxylation is 1. The minimum Gasteiger partial charge on any atom is -0.396 e. The predicted molar refractivity (Wildman–Crippen MR) is 112 cm³/mol. The van der Waals surface area contributed by atoms with E-state index >= 15 is 0 Å². The molecule has 3 heterocycles. The maximum absolute atomic E-state index is 9.31. The van der Waals surface area contributed by atoms with Gasteiger partial charge in [0.15, 0.2) is 0 Å². The minimum atomic E-state index is 0. The molecule has 1 fully saturated rings. The Kier molecular flexibility index (Phi) is 7.30. The van der Waals surface area contributed by atoms with Gasteiger partial charge in [-0.2, -0.15) is 4.98 Å². The molecule has 1 unspecified atom stereocenters. The Bertz CT molecular complexity index is 931. The minimum absolute atomic E-state index is 0. The van der Waals surface area contributed by atoms with Crippen molar-refractivity contribution < 1.29 is 9.63 Å². The van der Waals surface area contributed by atoms with Gasteiger partial charge in [0, 0.05) is 30.0 Å². The van der Waals surface area contributed by atoms with Gasteiger partial charge in [-0.3, -0.25) is 4.90 Å². The van der Waals surface area contributed by atoms with Crippen LogP contribution in [-0.4, -0.2) is 49.3 Å². The molecular formula is C21H26ClN5O2. The number of aliphatic hydroxyl groups excluding tert-OH is 1. The number of hydrogen-bond acceptors (Lipinski definition) is 7. The molecular weight excluding hydrogens is 390 g/mol. The zero-order valence-electron chi connectivity index (χ0n) is 16.5. The summed E-state index contributed by atoms with van der Waals surface area (Å²) in [5, 5.41) is 13.5.